The van der Waals surface area contributed by atoms with Crippen LogP contribution in [0.3, 0.4) is 0 Å². The Hall–Kier alpha value is -0.560. The number of ether oxygens (including phenoxy) is 1. The van der Waals surface area contributed by atoms with E-state index in [1.165, 1.54) is 0 Å². The zero-order chi connectivity index (χ0) is 13.0. The van der Waals surface area contributed by atoms with Crippen molar-refractivity contribution < 1.29 is 4.74 Å². The Labute approximate surface area is 113 Å². The molecule has 18 heavy (non-hydrogen) atoms. The van der Waals surface area contributed by atoms with Crippen LogP contribution >= 0.6 is 11.3 Å². The van der Waals surface area contributed by atoms with Gasteiger partial charge in [0, 0.05) is 25.7 Å². The van der Waals surface area contributed by atoms with Gasteiger partial charge in [0.1, 0.15) is 10.0 Å². The maximum absolute atomic E-state index is 5.38. The Morgan fingerprint density at radius 3 is 2.72 bits per heavy atom. The molecule has 0 bridgehead atoms. The second-order valence-corrected chi connectivity index (χ2v) is 6.18. The molecule has 0 aromatic carbocycles. The lowest BCUT2D eigenvalue weighted by atomic mass is 10.2. The highest BCUT2D eigenvalue weighted by Crippen LogP contribution is 2.11. The smallest absolute Gasteiger partial charge is 0.131 e. The van der Waals surface area contributed by atoms with E-state index in [1.807, 2.05) is 6.92 Å². The van der Waals surface area contributed by atoms with Crippen LogP contribution in [0.5, 0.6) is 0 Å². The van der Waals surface area contributed by atoms with Crippen molar-refractivity contribution >= 4 is 11.3 Å². The van der Waals surface area contributed by atoms with Gasteiger partial charge in [-0.15, -0.1) is 21.5 Å². The molecule has 0 aliphatic carbocycles. The molecule has 1 atom stereocenters. The molecule has 0 radical (unpaired) electrons. The fraction of sp³-hybridized carbons (Fsp3) is 0.833. The first-order chi connectivity index (χ1) is 8.65. The lowest BCUT2D eigenvalue weighted by molar-refractivity contribution is 0.0137. The van der Waals surface area contributed by atoms with E-state index in [2.05, 4.69) is 34.0 Å². The van der Waals surface area contributed by atoms with Gasteiger partial charge in [-0.05, 0) is 20.9 Å². The van der Waals surface area contributed by atoms with E-state index < -0.39 is 0 Å². The molecule has 1 aromatic rings. The summed E-state index contributed by atoms with van der Waals surface area (Å²) in [5.74, 6) is 0. The molecule has 1 aromatic heterocycles. The lowest BCUT2D eigenvalue weighted by Crippen LogP contribution is -2.46. The fourth-order valence-corrected chi connectivity index (χ4v) is 3.07. The zero-order valence-electron chi connectivity index (χ0n) is 11.4. The van der Waals surface area contributed by atoms with Gasteiger partial charge in [0.25, 0.3) is 0 Å². The van der Waals surface area contributed by atoms with Crippen molar-refractivity contribution in [2.24, 2.45) is 0 Å². The van der Waals surface area contributed by atoms with Gasteiger partial charge >= 0.3 is 0 Å². The number of likely N-dealkylation sites (N-methyl/N-ethyl adjacent to an activating group) is 1. The third-order valence-corrected chi connectivity index (χ3v) is 4.04. The average Bonchev–Trinajstić information content (AvgIpc) is 2.75. The van der Waals surface area contributed by atoms with Crippen molar-refractivity contribution in [3.05, 3.63) is 10.0 Å². The normalized spacial score (nSPS) is 19.3. The summed E-state index contributed by atoms with van der Waals surface area (Å²) in [7, 11) is 2.15. The van der Waals surface area contributed by atoms with Crippen LogP contribution in [0, 0.1) is 6.92 Å². The number of aromatic nitrogens is 2. The third kappa shape index (κ3) is 3.98. The summed E-state index contributed by atoms with van der Waals surface area (Å²) in [6.07, 6.45) is 0. The molecule has 1 aliphatic rings. The quantitative estimate of drug-likeness (QED) is 0.798. The Balaban J connectivity index is 1.77. The van der Waals surface area contributed by atoms with Gasteiger partial charge in [-0.1, -0.05) is 0 Å². The van der Waals surface area contributed by atoms with Crippen molar-refractivity contribution in [3.63, 3.8) is 0 Å². The summed E-state index contributed by atoms with van der Waals surface area (Å²) in [6.45, 7) is 10.1. The lowest BCUT2D eigenvalue weighted by Gasteiger charge is -2.34. The van der Waals surface area contributed by atoms with Gasteiger partial charge < -0.3 is 4.74 Å². The van der Waals surface area contributed by atoms with E-state index >= 15 is 0 Å². The predicted molar refractivity (Wildman–Crippen MR) is 72.8 cm³/mol. The number of nitrogens with zero attached hydrogens (tertiary/aromatic N) is 4. The minimum absolute atomic E-state index is 0.563. The second kappa shape index (κ2) is 6.56. The van der Waals surface area contributed by atoms with Gasteiger partial charge in [-0.2, -0.15) is 0 Å². The van der Waals surface area contributed by atoms with E-state index in [0.29, 0.717) is 6.04 Å². The first-order valence-electron chi connectivity index (χ1n) is 6.44. The third-order valence-electron chi connectivity index (χ3n) is 3.22. The second-order valence-electron chi connectivity index (χ2n) is 4.91. The molecule has 0 saturated carbocycles. The van der Waals surface area contributed by atoms with Gasteiger partial charge in [0.05, 0.1) is 19.8 Å². The number of rotatable bonds is 5. The first kappa shape index (κ1) is 13.9. The molecule has 1 fully saturated rings. The number of hydrogen-bond acceptors (Lipinski definition) is 6. The molecular formula is C12H22N4OS. The SMILES string of the molecule is Cc1nnc(CN(C)C[C@H](C)N2CCOCC2)s1. The minimum atomic E-state index is 0.563. The highest BCUT2D eigenvalue weighted by atomic mass is 32.1. The Kier molecular flexibility index (Phi) is 5.05. The summed E-state index contributed by atoms with van der Waals surface area (Å²) in [4.78, 5) is 4.81. The average molecular weight is 270 g/mol. The van der Waals surface area contributed by atoms with Crippen LogP contribution in [0.4, 0.5) is 0 Å². The molecule has 2 heterocycles. The van der Waals surface area contributed by atoms with E-state index in [1.54, 1.807) is 11.3 Å². The molecule has 5 nitrogen and oxygen atoms in total. The molecular weight excluding hydrogens is 248 g/mol. The molecule has 2 rings (SSSR count). The van der Waals surface area contributed by atoms with Crippen LogP contribution in [-0.2, 0) is 11.3 Å². The van der Waals surface area contributed by atoms with Crippen LogP contribution in [0.25, 0.3) is 0 Å². The summed E-state index contributed by atoms with van der Waals surface area (Å²) in [5, 5.41) is 10.4. The molecule has 0 amide bonds. The highest BCUT2D eigenvalue weighted by molar-refractivity contribution is 7.11. The summed E-state index contributed by atoms with van der Waals surface area (Å²) in [6, 6.07) is 0.563. The molecule has 6 heteroatoms. The van der Waals surface area contributed by atoms with E-state index in [0.717, 1.165) is 49.4 Å². The highest BCUT2D eigenvalue weighted by Gasteiger charge is 2.18. The topological polar surface area (TPSA) is 41.5 Å². The fourth-order valence-electron chi connectivity index (χ4n) is 2.28. The standard InChI is InChI=1S/C12H22N4OS/c1-10(16-4-6-17-7-5-16)8-15(3)9-12-14-13-11(2)18-12/h10H,4-9H2,1-3H3/t10-/m0/s1. The number of hydrogen-bond donors (Lipinski definition) is 0. The van der Waals surface area contributed by atoms with Crippen LogP contribution in [-0.4, -0.2) is 65.9 Å². The monoisotopic (exact) mass is 270 g/mol. The number of morpholine rings is 1. The van der Waals surface area contributed by atoms with Gasteiger partial charge in [-0.3, -0.25) is 9.80 Å². The van der Waals surface area contributed by atoms with Crippen molar-refractivity contribution in [1.82, 2.24) is 20.0 Å². The zero-order valence-corrected chi connectivity index (χ0v) is 12.2. The van der Waals surface area contributed by atoms with Crippen LogP contribution in [0.2, 0.25) is 0 Å². The van der Waals surface area contributed by atoms with Gasteiger partial charge in [-0.25, -0.2) is 0 Å². The van der Waals surface area contributed by atoms with E-state index in [4.69, 9.17) is 4.74 Å². The van der Waals surface area contributed by atoms with Crippen LogP contribution in [0.15, 0.2) is 0 Å². The molecule has 0 spiro atoms. The molecule has 0 unspecified atom stereocenters. The van der Waals surface area contributed by atoms with Crippen molar-refractivity contribution in [3.8, 4) is 0 Å². The van der Waals surface area contributed by atoms with Crippen LogP contribution in [0.1, 0.15) is 16.9 Å². The Morgan fingerprint density at radius 2 is 2.11 bits per heavy atom. The van der Waals surface area contributed by atoms with E-state index in [-0.39, 0.29) is 0 Å². The molecule has 0 N–H and O–H groups in total. The van der Waals surface area contributed by atoms with E-state index in [9.17, 15) is 0 Å². The van der Waals surface area contributed by atoms with Crippen molar-refractivity contribution in [2.45, 2.75) is 26.4 Å². The minimum Gasteiger partial charge on any atom is -0.379 e. The van der Waals surface area contributed by atoms with Crippen molar-refractivity contribution in [1.29, 1.82) is 0 Å². The maximum atomic E-state index is 5.38. The summed E-state index contributed by atoms with van der Waals surface area (Å²) in [5.41, 5.74) is 0. The number of aryl methyl sites for hydroxylation is 1. The van der Waals surface area contributed by atoms with Crippen LogP contribution < -0.4 is 0 Å². The molecule has 1 saturated heterocycles. The summed E-state index contributed by atoms with van der Waals surface area (Å²) >= 11 is 1.68. The van der Waals surface area contributed by atoms with Gasteiger partial charge in [0.15, 0.2) is 0 Å². The van der Waals surface area contributed by atoms with Gasteiger partial charge in [0.2, 0.25) is 0 Å². The maximum Gasteiger partial charge on any atom is 0.131 e. The summed E-state index contributed by atoms with van der Waals surface area (Å²) < 4.78 is 5.38. The molecule has 1 aliphatic heterocycles. The Bertz CT molecular complexity index is 365. The Morgan fingerprint density at radius 1 is 1.39 bits per heavy atom. The molecule has 102 valence electrons. The largest absolute Gasteiger partial charge is 0.379 e. The van der Waals surface area contributed by atoms with Crippen molar-refractivity contribution in [2.75, 3.05) is 39.9 Å². The first-order valence-corrected chi connectivity index (χ1v) is 7.26. The predicted octanol–water partition coefficient (Wildman–Crippen LogP) is 0.999.